The molecule has 0 aliphatic heterocycles. The number of hydrogen-bond donors (Lipinski definition) is 3. The molecule has 5 nitrogen and oxygen atoms in total. The van der Waals surface area contributed by atoms with Gasteiger partial charge in [0, 0.05) is 39.2 Å². The maximum atomic E-state index is 11.5. The van der Waals surface area contributed by atoms with Gasteiger partial charge in [-0.15, -0.1) is 0 Å². The summed E-state index contributed by atoms with van der Waals surface area (Å²) in [5.74, 6) is 0. The van der Waals surface area contributed by atoms with Crippen molar-refractivity contribution in [2.75, 3.05) is 13.1 Å². The number of carboxylic acid groups (broad SMARTS) is 1. The van der Waals surface area contributed by atoms with Crippen LogP contribution < -0.4 is 5.32 Å². The van der Waals surface area contributed by atoms with Crippen molar-refractivity contribution in [3.05, 3.63) is 33.9 Å². The van der Waals surface area contributed by atoms with Crippen molar-refractivity contribution in [3.8, 4) is 0 Å². The fourth-order valence-corrected chi connectivity index (χ4v) is 4.40. The number of carbonyl (C=O) groups is 1. The van der Waals surface area contributed by atoms with Crippen molar-refractivity contribution in [1.29, 1.82) is 0 Å². The second-order valence-corrected chi connectivity index (χ2v) is 9.33. The van der Waals surface area contributed by atoms with Crippen LogP contribution in [0.5, 0.6) is 0 Å². The lowest BCUT2D eigenvalue weighted by Crippen LogP contribution is -2.46. The first-order valence-electron chi connectivity index (χ1n) is 9.81. The number of H-pyrrole nitrogens is 1. The standard InChI is InChI=1S/C21H30BrN3O2/c1-21(2,3)25(20(26)27)12-6-11-23-18-8-5-4-7-15-16-13-14(22)9-10-17(16)24-19(15)18/h9-10,13,18,23-24H,4-8,11-12H2,1-3H3,(H,26,27). The molecule has 0 saturated heterocycles. The van der Waals surface area contributed by atoms with E-state index in [1.807, 2.05) is 20.8 Å². The summed E-state index contributed by atoms with van der Waals surface area (Å²) in [4.78, 5) is 16.6. The number of aromatic nitrogens is 1. The lowest BCUT2D eigenvalue weighted by atomic mass is 10.0. The Balaban J connectivity index is 1.68. The lowest BCUT2D eigenvalue weighted by molar-refractivity contribution is 0.0993. The molecule has 1 aliphatic carbocycles. The predicted molar refractivity (Wildman–Crippen MR) is 113 cm³/mol. The molecule has 27 heavy (non-hydrogen) atoms. The van der Waals surface area contributed by atoms with Gasteiger partial charge in [-0.2, -0.15) is 0 Å². The number of nitrogens with one attached hydrogen (secondary N) is 2. The van der Waals surface area contributed by atoms with Gasteiger partial charge in [0.15, 0.2) is 0 Å². The predicted octanol–water partition coefficient (Wildman–Crippen LogP) is 5.46. The monoisotopic (exact) mass is 435 g/mol. The van der Waals surface area contributed by atoms with Crippen LogP contribution in [0.3, 0.4) is 0 Å². The summed E-state index contributed by atoms with van der Waals surface area (Å²) in [7, 11) is 0. The number of aromatic amines is 1. The van der Waals surface area contributed by atoms with E-state index in [0.29, 0.717) is 12.6 Å². The van der Waals surface area contributed by atoms with E-state index >= 15 is 0 Å². The summed E-state index contributed by atoms with van der Waals surface area (Å²) in [5.41, 5.74) is 3.57. The Labute approximate surface area is 169 Å². The minimum Gasteiger partial charge on any atom is -0.465 e. The van der Waals surface area contributed by atoms with Crippen molar-refractivity contribution in [3.63, 3.8) is 0 Å². The molecule has 1 unspecified atom stereocenters. The highest BCUT2D eigenvalue weighted by Crippen LogP contribution is 2.34. The van der Waals surface area contributed by atoms with E-state index in [2.05, 4.69) is 44.4 Å². The summed E-state index contributed by atoms with van der Waals surface area (Å²) >= 11 is 3.59. The summed E-state index contributed by atoms with van der Waals surface area (Å²) in [5, 5.41) is 14.4. The zero-order chi connectivity index (χ0) is 19.6. The van der Waals surface area contributed by atoms with Crippen LogP contribution in [-0.4, -0.2) is 39.7 Å². The molecule has 0 spiro atoms. The minimum atomic E-state index is -0.847. The Morgan fingerprint density at radius 1 is 1.37 bits per heavy atom. The highest BCUT2D eigenvalue weighted by Gasteiger charge is 2.26. The Morgan fingerprint density at radius 2 is 2.15 bits per heavy atom. The van der Waals surface area contributed by atoms with Crippen LogP contribution in [0.4, 0.5) is 4.79 Å². The molecular weight excluding hydrogens is 406 g/mol. The smallest absolute Gasteiger partial charge is 0.407 e. The summed E-state index contributed by atoms with van der Waals surface area (Å²) < 4.78 is 1.11. The number of fused-ring (bicyclic) bond motifs is 3. The van der Waals surface area contributed by atoms with Gasteiger partial charge in [-0.1, -0.05) is 22.4 Å². The molecule has 0 radical (unpaired) electrons. The Kier molecular flexibility index (Phi) is 6.16. The second-order valence-electron chi connectivity index (χ2n) is 8.42. The van der Waals surface area contributed by atoms with E-state index in [-0.39, 0.29) is 5.54 Å². The normalized spacial score (nSPS) is 17.6. The largest absolute Gasteiger partial charge is 0.465 e. The van der Waals surface area contributed by atoms with Gasteiger partial charge in [-0.05, 0) is 76.8 Å². The zero-order valence-electron chi connectivity index (χ0n) is 16.4. The van der Waals surface area contributed by atoms with Gasteiger partial charge >= 0.3 is 6.09 Å². The molecule has 148 valence electrons. The summed E-state index contributed by atoms with van der Waals surface area (Å²) in [6.07, 6.45) is 4.60. The van der Waals surface area contributed by atoms with Crippen LogP contribution in [0.2, 0.25) is 0 Å². The van der Waals surface area contributed by atoms with Crippen molar-refractivity contribution < 1.29 is 9.90 Å². The first kappa shape index (κ1) is 20.2. The van der Waals surface area contributed by atoms with Gasteiger partial charge in [-0.3, -0.25) is 0 Å². The number of aryl methyl sites for hydroxylation is 1. The molecule has 1 amide bonds. The molecule has 3 N–H and O–H groups in total. The average molecular weight is 436 g/mol. The highest BCUT2D eigenvalue weighted by molar-refractivity contribution is 9.10. The third kappa shape index (κ3) is 4.66. The molecule has 0 fully saturated rings. The van der Waals surface area contributed by atoms with Gasteiger partial charge < -0.3 is 20.3 Å². The SMILES string of the molecule is CC(C)(C)N(CCCNC1CCCCc2c1[nH]c1ccc(Br)cc21)C(=O)O. The zero-order valence-corrected chi connectivity index (χ0v) is 18.0. The summed E-state index contributed by atoms with van der Waals surface area (Å²) in [6.45, 7) is 7.17. The fourth-order valence-electron chi connectivity index (χ4n) is 4.04. The molecule has 6 heteroatoms. The van der Waals surface area contributed by atoms with Crippen LogP contribution in [0.25, 0.3) is 10.9 Å². The van der Waals surface area contributed by atoms with Crippen molar-refractivity contribution in [2.24, 2.45) is 0 Å². The number of rotatable bonds is 5. The van der Waals surface area contributed by atoms with Gasteiger partial charge in [-0.25, -0.2) is 4.79 Å². The Morgan fingerprint density at radius 3 is 2.85 bits per heavy atom. The molecule has 0 saturated carbocycles. The first-order valence-corrected chi connectivity index (χ1v) is 10.6. The molecule has 1 heterocycles. The van der Waals surface area contributed by atoms with Gasteiger partial charge in [0.05, 0.1) is 0 Å². The molecule has 2 aromatic rings. The third-order valence-electron chi connectivity index (χ3n) is 5.41. The Hall–Kier alpha value is -1.53. The van der Waals surface area contributed by atoms with Crippen molar-refractivity contribution >= 4 is 32.9 Å². The van der Waals surface area contributed by atoms with E-state index in [4.69, 9.17) is 0 Å². The van der Waals surface area contributed by atoms with Crippen LogP contribution in [0, 0.1) is 0 Å². The average Bonchev–Trinajstić information content (AvgIpc) is 2.80. The van der Waals surface area contributed by atoms with E-state index in [0.717, 1.165) is 30.3 Å². The van der Waals surface area contributed by atoms with Crippen LogP contribution in [0.1, 0.15) is 63.8 Å². The Bertz CT molecular complexity index is 810. The maximum absolute atomic E-state index is 11.5. The van der Waals surface area contributed by atoms with Gasteiger partial charge in [0.25, 0.3) is 0 Å². The van der Waals surface area contributed by atoms with Gasteiger partial charge in [0.2, 0.25) is 0 Å². The molecule has 0 bridgehead atoms. The molecule has 1 aliphatic rings. The molecule has 1 aromatic heterocycles. The van der Waals surface area contributed by atoms with Crippen LogP contribution in [-0.2, 0) is 6.42 Å². The fraction of sp³-hybridized carbons (Fsp3) is 0.571. The number of hydrogen-bond acceptors (Lipinski definition) is 2. The topological polar surface area (TPSA) is 68.4 Å². The molecule has 1 atom stereocenters. The van der Waals surface area contributed by atoms with Crippen LogP contribution in [0.15, 0.2) is 22.7 Å². The van der Waals surface area contributed by atoms with Crippen molar-refractivity contribution in [2.45, 2.75) is 64.5 Å². The lowest BCUT2D eigenvalue weighted by Gasteiger charge is -2.33. The van der Waals surface area contributed by atoms with Crippen LogP contribution >= 0.6 is 15.9 Å². The van der Waals surface area contributed by atoms with Crippen molar-refractivity contribution in [1.82, 2.24) is 15.2 Å². The minimum absolute atomic E-state index is 0.307. The number of nitrogens with zero attached hydrogens (tertiary/aromatic N) is 1. The molecule has 3 rings (SSSR count). The quantitative estimate of drug-likeness (QED) is 0.431. The number of amides is 1. The van der Waals surface area contributed by atoms with E-state index < -0.39 is 6.09 Å². The highest BCUT2D eigenvalue weighted by atomic mass is 79.9. The third-order valence-corrected chi connectivity index (χ3v) is 5.90. The molecular formula is C21H30BrN3O2. The number of benzene rings is 1. The molecule has 1 aromatic carbocycles. The van der Waals surface area contributed by atoms with E-state index in [1.54, 1.807) is 0 Å². The first-order chi connectivity index (χ1) is 12.8. The summed E-state index contributed by atoms with van der Waals surface area (Å²) in [6, 6.07) is 6.73. The maximum Gasteiger partial charge on any atom is 0.407 e. The van der Waals surface area contributed by atoms with Gasteiger partial charge in [0.1, 0.15) is 0 Å². The van der Waals surface area contributed by atoms with E-state index in [1.165, 1.54) is 39.9 Å². The number of halogens is 1. The van der Waals surface area contributed by atoms with E-state index in [9.17, 15) is 9.90 Å². The second kappa shape index (κ2) is 8.23.